The molecule has 3 rings (SSSR count). The van der Waals surface area contributed by atoms with E-state index in [1.807, 2.05) is 42.5 Å². The fourth-order valence-corrected chi connectivity index (χ4v) is 3.07. The zero-order valence-electron chi connectivity index (χ0n) is 14.1. The number of rotatable bonds is 4. The summed E-state index contributed by atoms with van der Waals surface area (Å²) in [5.74, 6) is -0.447. The van der Waals surface area contributed by atoms with Crippen LogP contribution in [0.5, 0.6) is 0 Å². The Hall–Kier alpha value is -2.73. The van der Waals surface area contributed by atoms with E-state index in [1.54, 1.807) is 6.20 Å². The molecule has 0 saturated carbocycles. The maximum atomic E-state index is 12.4. The van der Waals surface area contributed by atoms with Gasteiger partial charge in [0.2, 0.25) is 11.8 Å². The molecule has 1 aliphatic rings. The summed E-state index contributed by atoms with van der Waals surface area (Å²) >= 11 is 0. The molecule has 1 aromatic heterocycles. The molecular weight excluding hydrogens is 318 g/mol. The lowest BCUT2D eigenvalue weighted by Gasteiger charge is -2.22. The first-order valence-corrected chi connectivity index (χ1v) is 8.28. The normalized spacial score (nSPS) is 19.7. The van der Waals surface area contributed by atoms with Gasteiger partial charge in [-0.2, -0.15) is 0 Å². The van der Waals surface area contributed by atoms with Gasteiger partial charge in [0.1, 0.15) is 6.04 Å². The molecule has 25 heavy (non-hydrogen) atoms. The van der Waals surface area contributed by atoms with Crippen molar-refractivity contribution in [2.24, 2.45) is 0 Å². The van der Waals surface area contributed by atoms with Crippen LogP contribution in [0.25, 0.3) is 11.3 Å². The molecule has 0 aliphatic carbocycles. The lowest BCUT2D eigenvalue weighted by molar-refractivity contribution is -0.137. The number of nitrogens with zero attached hydrogens (tertiary/aromatic N) is 2. The van der Waals surface area contributed by atoms with Crippen LogP contribution in [0.2, 0.25) is 0 Å². The predicted octanol–water partition coefficient (Wildman–Crippen LogP) is 1.35. The van der Waals surface area contributed by atoms with Gasteiger partial charge in [-0.1, -0.05) is 30.3 Å². The Bertz CT molecular complexity index is 764. The Labute approximate surface area is 146 Å². The number of carbonyl (C=O) groups excluding carboxylic acids is 2. The summed E-state index contributed by atoms with van der Waals surface area (Å²) in [6.45, 7) is 1.97. The van der Waals surface area contributed by atoms with Crippen LogP contribution < -0.4 is 5.32 Å². The second kappa shape index (κ2) is 7.44. The minimum atomic E-state index is -0.648. The summed E-state index contributed by atoms with van der Waals surface area (Å²) in [7, 11) is 0. The van der Waals surface area contributed by atoms with Crippen molar-refractivity contribution in [2.75, 3.05) is 6.54 Å². The van der Waals surface area contributed by atoms with Gasteiger partial charge in [0.05, 0.1) is 11.8 Å². The van der Waals surface area contributed by atoms with Gasteiger partial charge in [-0.15, -0.1) is 0 Å². The van der Waals surface area contributed by atoms with Crippen molar-refractivity contribution in [2.45, 2.75) is 32.0 Å². The van der Waals surface area contributed by atoms with Crippen LogP contribution in [0.15, 0.2) is 48.7 Å². The predicted molar refractivity (Wildman–Crippen MR) is 93.3 cm³/mol. The Morgan fingerprint density at radius 2 is 2.04 bits per heavy atom. The summed E-state index contributed by atoms with van der Waals surface area (Å²) in [6.07, 6.45) is 1.34. The molecule has 1 aliphatic heterocycles. The summed E-state index contributed by atoms with van der Waals surface area (Å²) in [6, 6.07) is 13.0. The molecule has 1 fully saturated rings. The molecule has 1 aromatic carbocycles. The van der Waals surface area contributed by atoms with E-state index in [0.29, 0.717) is 6.54 Å². The number of aliphatic hydroxyl groups excluding tert-OH is 1. The van der Waals surface area contributed by atoms with E-state index in [-0.39, 0.29) is 24.8 Å². The van der Waals surface area contributed by atoms with E-state index < -0.39 is 12.1 Å². The van der Waals surface area contributed by atoms with Gasteiger partial charge < -0.3 is 15.3 Å². The molecule has 130 valence electrons. The van der Waals surface area contributed by atoms with E-state index >= 15 is 0 Å². The van der Waals surface area contributed by atoms with E-state index in [1.165, 1.54) is 11.8 Å². The average Bonchev–Trinajstić information content (AvgIpc) is 3.03. The fraction of sp³-hybridized carbons (Fsp3) is 0.316. The smallest absolute Gasteiger partial charge is 0.243 e. The van der Waals surface area contributed by atoms with Gasteiger partial charge in [0, 0.05) is 38.2 Å². The Balaban J connectivity index is 1.66. The van der Waals surface area contributed by atoms with Crippen LogP contribution in [-0.4, -0.2) is 45.5 Å². The van der Waals surface area contributed by atoms with E-state index in [9.17, 15) is 14.7 Å². The number of amides is 2. The number of likely N-dealkylation sites (tertiary alicyclic amines) is 1. The maximum Gasteiger partial charge on any atom is 0.243 e. The van der Waals surface area contributed by atoms with Crippen molar-refractivity contribution in [3.63, 3.8) is 0 Å². The van der Waals surface area contributed by atoms with Crippen molar-refractivity contribution in [3.8, 4) is 11.3 Å². The molecule has 0 unspecified atom stereocenters. The molecule has 1 saturated heterocycles. The molecule has 0 radical (unpaired) electrons. The minimum absolute atomic E-state index is 0.202. The molecule has 2 amide bonds. The van der Waals surface area contributed by atoms with Crippen molar-refractivity contribution in [1.29, 1.82) is 0 Å². The van der Waals surface area contributed by atoms with Gasteiger partial charge >= 0.3 is 0 Å². The average molecular weight is 339 g/mol. The minimum Gasteiger partial charge on any atom is -0.391 e. The number of carbonyl (C=O) groups is 2. The summed E-state index contributed by atoms with van der Waals surface area (Å²) in [4.78, 5) is 29.8. The second-order valence-electron chi connectivity index (χ2n) is 6.21. The first kappa shape index (κ1) is 17.1. The van der Waals surface area contributed by atoms with E-state index in [2.05, 4.69) is 10.3 Å². The number of aromatic nitrogens is 1. The van der Waals surface area contributed by atoms with Crippen molar-refractivity contribution in [3.05, 3.63) is 54.2 Å². The van der Waals surface area contributed by atoms with Gasteiger partial charge in [-0.3, -0.25) is 14.6 Å². The highest BCUT2D eigenvalue weighted by Crippen LogP contribution is 2.19. The number of hydrogen-bond acceptors (Lipinski definition) is 4. The fourth-order valence-electron chi connectivity index (χ4n) is 3.07. The number of aliphatic hydroxyl groups is 1. The van der Waals surface area contributed by atoms with Gasteiger partial charge in [0.25, 0.3) is 0 Å². The molecular formula is C19H21N3O3. The van der Waals surface area contributed by atoms with Gasteiger partial charge in [0.15, 0.2) is 0 Å². The number of nitrogens with one attached hydrogen (secondary N) is 1. The first-order valence-electron chi connectivity index (χ1n) is 8.28. The van der Waals surface area contributed by atoms with Crippen LogP contribution in [-0.2, 0) is 16.1 Å². The number of benzene rings is 1. The first-order chi connectivity index (χ1) is 12.0. The highest BCUT2D eigenvalue weighted by atomic mass is 16.3. The number of hydrogen-bond donors (Lipinski definition) is 2. The van der Waals surface area contributed by atoms with Crippen LogP contribution >= 0.6 is 0 Å². The van der Waals surface area contributed by atoms with E-state index in [4.69, 9.17) is 0 Å². The summed E-state index contributed by atoms with van der Waals surface area (Å²) < 4.78 is 0. The SMILES string of the molecule is CC(=O)N1C[C@@H](O)C[C@@H]1C(=O)NCc1ccnc(-c2ccccc2)c1. The third-order valence-electron chi connectivity index (χ3n) is 4.35. The second-order valence-corrected chi connectivity index (χ2v) is 6.21. The topological polar surface area (TPSA) is 82.5 Å². The van der Waals surface area contributed by atoms with Crippen LogP contribution in [0.1, 0.15) is 18.9 Å². The van der Waals surface area contributed by atoms with Crippen molar-refractivity contribution in [1.82, 2.24) is 15.2 Å². The standard InChI is InChI=1S/C19H21N3O3/c1-13(23)22-12-16(24)10-18(22)19(25)21-11-14-7-8-20-17(9-14)15-5-3-2-4-6-15/h2-9,16,18,24H,10-12H2,1H3,(H,21,25)/t16-,18+/m0/s1. The quantitative estimate of drug-likeness (QED) is 0.881. The number of β-amino-alcohol motifs (C(OH)–C–C–N with tert-alkyl or cyclic N) is 1. The van der Waals surface area contributed by atoms with E-state index in [0.717, 1.165) is 16.8 Å². The zero-order valence-corrected chi connectivity index (χ0v) is 14.1. The van der Waals surface area contributed by atoms with Crippen molar-refractivity contribution < 1.29 is 14.7 Å². The monoisotopic (exact) mass is 339 g/mol. The Morgan fingerprint density at radius 3 is 2.76 bits per heavy atom. The Kier molecular flexibility index (Phi) is 5.09. The lowest BCUT2D eigenvalue weighted by Crippen LogP contribution is -2.44. The number of pyridine rings is 1. The highest BCUT2D eigenvalue weighted by molar-refractivity contribution is 5.87. The van der Waals surface area contributed by atoms with Crippen LogP contribution in [0, 0.1) is 0 Å². The zero-order chi connectivity index (χ0) is 17.8. The third kappa shape index (κ3) is 4.03. The summed E-state index contributed by atoms with van der Waals surface area (Å²) in [5, 5.41) is 12.6. The molecule has 2 N–H and O–H groups in total. The molecule has 2 heterocycles. The van der Waals surface area contributed by atoms with Crippen LogP contribution in [0.3, 0.4) is 0 Å². The summed E-state index contributed by atoms with van der Waals surface area (Å²) in [5.41, 5.74) is 2.78. The van der Waals surface area contributed by atoms with Gasteiger partial charge in [-0.05, 0) is 17.7 Å². The molecule has 6 nitrogen and oxygen atoms in total. The third-order valence-corrected chi connectivity index (χ3v) is 4.35. The molecule has 2 atom stereocenters. The molecule has 6 heteroatoms. The molecule has 0 spiro atoms. The van der Waals surface area contributed by atoms with Crippen molar-refractivity contribution >= 4 is 11.8 Å². The largest absolute Gasteiger partial charge is 0.391 e. The maximum absolute atomic E-state index is 12.4. The highest BCUT2D eigenvalue weighted by Gasteiger charge is 2.37. The Morgan fingerprint density at radius 1 is 1.28 bits per heavy atom. The molecule has 0 bridgehead atoms. The van der Waals surface area contributed by atoms with Crippen LogP contribution in [0.4, 0.5) is 0 Å². The lowest BCUT2D eigenvalue weighted by atomic mass is 10.1. The molecule has 2 aromatic rings. The van der Waals surface area contributed by atoms with Gasteiger partial charge in [-0.25, -0.2) is 0 Å².